The maximum absolute atomic E-state index is 11.9. The molecule has 0 spiro atoms. The lowest BCUT2D eigenvalue weighted by Crippen LogP contribution is -2.41. The molecule has 0 aliphatic rings. The summed E-state index contributed by atoms with van der Waals surface area (Å²) in [5, 5.41) is 10.0. The smallest absolute Gasteiger partial charge is 0.243 e. The van der Waals surface area contributed by atoms with Gasteiger partial charge in [-0.3, -0.25) is 9.79 Å². The van der Waals surface area contributed by atoms with Crippen LogP contribution in [0.25, 0.3) is 0 Å². The summed E-state index contributed by atoms with van der Waals surface area (Å²) >= 11 is 1.66. The number of aliphatic imine (C=N–C) groups is 1. The van der Waals surface area contributed by atoms with Gasteiger partial charge < -0.3 is 16.0 Å². The fourth-order valence-electron chi connectivity index (χ4n) is 2.01. The SMILES string of the molecule is CN=C(NCC(=O)Nc1ccccc1)NCc1sc(C)nc1C. The Morgan fingerprint density at radius 1 is 1.22 bits per heavy atom. The fourth-order valence-corrected chi connectivity index (χ4v) is 2.89. The van der Waals surface area contributed by atoms with E-state index in [-0.39, 0.29) is 12.5 Å². The number of aryl methyl sites for hydroxylation is 2. The molecule has 0 bridgehead atoms. The number of anilines is 1. The lowest BCUT2D eigenvalue weighted by molar-refractivity contribution is -0.115. The largest absolute Gasteiger partial charge is 0.351 e. The fraction of sp³-hybridized carbons (Fsp3) is 0.312. The van der Waals surface area contributed by atoms with Gasteiger partial charge in [0.2, 0.25) is 5.91 Å². The van der Waals surface area contributed by atoms with Crippen LogP contribution >= 0.6 is 11.3 Å². The minimum atomic E-state index is -0.121. The Labute approximate surface area is 140 Å². The lowest BCUT2D eigenvalue weighted by atomic mass is 10.3. The first-order valence-corrected chi connectivity index (χ1v) is 8.12. The number of hydrogen-bond acceptors (Lipinski definition) is 4. The summed E-state index contributed by atoms with van der Waals surface area (Å²) in [7, 11) is 1.68. The highest BCUT2D eigenvalue weighted by Gasteiger charge is 2.07. The maximum Gasteiger partial charge on any atom is 0.243 e. The number of nitrogens with one attached hydrogen (secondary N) is 3. The van der Waals surface area contributed by atoms with Crippen molar-refractivity contribution in [1.29, 1.82) is 0 Å². The van der Waals surface area contributed by atoms with Gasteiger partial charge in [0.15, 0.2) is 5.96 Å². The Kier molecular flexibility index (Phi) is 6.10. The van der Waals surface area contributed by atoms with Crippen LogP contribution in [0.2, 0.25) is 0 Å². The monoisotopic (exact) mass is 331 g/mol. The number of carbonyl (C=O) groups excluding carboxylic acids is 1. The molecule has 122 valence electrons. The van der Waals surface area contributed by atoms with E-state index in [9.17, 15) is 4.79 Å². The second-order valence-electron chi connectivity index (χ2n) is 4.93. The van der Waals surface area contributed by atoms with Crippen LogP contribution in [0.5, 0.6) is 0 Å². The zero-order valence-electron chi connectivity index (χ0n) is 13.5. The molecule has 0 unspecified atom stereocenters. The number of amides is 1. The van der Waals surface area contributed by atoms with Crippen molar-refractivity contribution >= 4 is 28.9 Å². The number of guanidine groups is 1. The lowest BCUT2D eigenvalue weighted by Gasteiger charge is -2.11. The topological polar surface area (TPSA) is 78.4 Å². The Balaban J connectivity index is 1.78. The molecule has 0 radical (unpaired) electrons. The Bertz CT molecular complexity index is 681. The molecule has 1 aromatic heterocycles. The molecular formula is C16H21N5OS. The third kappa shape index (κ3) is 5.37. The van der Waals surface area contributed by atoms with Gasteiger partial charge >= 0.3 is 0 Å². The number of rotatable bonds is 5. The third-order valence-electron chi connectivity index (χ3n) is 3.11. The first kappa shape index (κ1) is 17.0. The van der Waals surface area contributed by atoms with Crippen molar-refractivity contribution in [2.75, 3.05) is 18.9 Å². The number of carbonyl (C=O) groups is 1. The summed E-state index contributed by atoms with van der Waals surface area (Å²) in [5.74, 6) is 0.461. The zero-order chi connectivity index (χ0) is 16.7. The number of para-hydroxylation sites is 1. The van der Waals surface area contributed by atoms with Crippen LogP contribution in [0.1, 0.15) is 15.6 Å². The molecule has 6 nitrogen and oxygen atoms in total. The van der Waals surface area contributed by atoms with E-state index in [1.165, 1.54) is 4.88 Å². The summed E-state index contributed by atoms with van der Waals surface area (Å²) in [6.07, 6.45) is 0. The average Bonchev–Trinajstić information content (AvgIpc) is 2.86. The highest BCUT2D eigenvalue weighted by atomic mass is 32.1. The first-order valence-electron chi connectivity index (χ1n) is 7.31. The van der Waals surface area contributed by atoms with E-state index < -0.39 is 0 Å². The molecule has 0 fully saturated rings. The summed E-state index contributed by atoms with van der Waals surface area (Å²) in [4.78, 5) is 21.6. The van der Waals surface area contributed by atoms with E-state index >= 15 is 0 Å². The maximum atomic E-state index is 11.9. The van der Waals surface area contributed by atoms with E-state index in [1.54, 1.807) is 18.4 Å². The highest BCUT2D eigenvalue weighted by molar-refractivity contribution is 7.11. The van der Waals surface area contributed by atoms with Gasteiger partial charge in [0.05, 0.1) is 23.8 Å². The van der Waals surface area contributed by atoms with Gasteiger partial charge in [-0.1, -0.05) is 18.2 Å². The molecular weight excluding hydrogens is 310 g/mol. The molecule has 0 saturated heterocycles. The summed E-state index contributed by atoms with van der Waals surface area (Å²) in [6, 6.07) is 9.36. The van der Waals surface area contributed by atoms with Gasteiger partial charge in [0.1, 0.15) is 0 Å². The molecule has 1 amide bonds. The van der Waals surface area contributed by atoms with Crippen LogP contribution in [0, 0.1) is 13.8 Å². The molecule has 2 rings (SSSR count). The van der Waals surface area contributed by atoms with Gasteiger partial charge in [-0.05, 0) is 26.0 Å². The van der Waals surface area contributed by atoms with E-state index in [2.05, 4.69) is 25.9 Å². The van der Waals surface area contributed by atoms with Crippen molar-refractivity contribution in [3.05, 3.63) is 45.9 Å². The Morgan fingerprint density at radius 3 is 2.57 bits per heavy atom. The molecule has 1 aromatic carbocycles. The van der Waals surface area contributed by atoms with Gasteiger partial charge in [0.25, 0.3) is 0 Å². The van der Waals surface area contributed by atoms with Gasteiger partial charge in [-0.25, -0.2) is 4.98 Å². The van der Waals surface area contributed by atoms with Crippen LogP contribution in [-0.4, -0.2) is 30.4 Å². The summed E-state index contributed by atoms with van der Waals surface area (Å²) in [6.45, 7) is 4.76. The summed E-state index contributed by atoms with van der Waals surface area (Å²) < 4.78 is 0. The number of aromatic nitrogens is 1. The Morgan fingerprint density at radius 2 is 1.96 bits per heavy atom. The number of hydrogen-bond donors (Lipinski definition) is 3. The van der Waals surface area contributed by atoms with Crippen LogP contribution in [0.15, 0.2) is 35.3 Å². The Hall–Kier alpha value is -2.41. The molecule has 7 heteroatoms. The molecule has 0 aliphatic heterocycles. The highest BCUT2D eigenvalue weighted by Crippen LogP contribution is 2.16. The number of thiazole rings is 1. The normalized spacial score (nSPS) is 11.2. The first-order chi connectivity index (χ1) is 11.1. The van der Waals surface area contributed by atoms with E-state index in [1.807, 2.05) is 44.2 Å². The second kappa shape index (κ2) is 8.28. The van der Waals surface area contributed by atoms with E-state index in [4.69, 9.17) is 0 Å². The van der Waals surface area contributed by atoms with E-state index in [0.717, 1.165) is 16.4 Å². The van der Waals surface area contributed by atoms with Crippen molar-refractivity contribution in [2.24, 2.45) is 4.99 Å². The molecule has 2 aromatic rings. The van der Waals surface area contributed by atoms with Crippen molar-refractivity contribution in [3.8, 4) is 0 Å². The predicted octanol–water partition coefficient (Wildman–Crippen LogP) is 2.06. The van der Waals surface area contributed by atoms with Gasteiger partial charge in [0, 0.05) is 17.6 Å². The van der Waals surface area contributed by atoms with Crippen molar-refractivity contribution in [1.82, 2.24) is 15.6 Å². The standard InChI is InChI=1S/C16H21N5OS/c1-11-14(23-12(2)20-11)9-18-16(17-3)19-10-15(22)21-13-7-5-4-6-8-13/h4-8H,9-10H2,1-3H3,(H,21,22)(H2,17,18,19). The van der Waals surface area contributed by atoms with Crippen LogP contribution in [0.4, 0.5) is 5.69 Å². The van der Waals surface area contributed by atoms with Crippen molar-refractivity contribution in [3.63, 3.8) is 0 Å². The number of nitrogens with zero attached hydrogens (tertiary/aromatic N) is 2. The predicted molar refractivity (Wildman–Crippen MR) is 94.9 cm³/mol. The zero-order valence-corrected chi connectivity index (χ0v) is 14.3. The van der Waals surface area contributed by atoms with Crippen LogP contribution < -0.4 is 16.0 Å². The molecule has 23 heavy (non-hydrogen) atoms. The number of benzene rings is 1. The molecule has 0 atom stereocenters. The quantitative estimate of drug-likeness (QED) is 0.579. The molecule has 1 heterocycles. The average molecular weight is 331 g/mol. The molecule has 0 aliphatic carbocycles. The minimum absolute atomic E-state index is 0.121. The third-order valence-corrected chi connectivity index (χ3v) is 4.19. The van der Waals surface area contributed by atoms with Crippen molar-refractivity contribution in [2.45, 2.75) is 20.4 Å². The minimum Gasteiger partial charge on any atom is -0.351 e. The summed E-state index contributed by atoms with van der Waals surface area (Å²) in [5.41, 5.74) is 1.80. The van der Waals surface area contributed by atoms with Crippen LogP contribution in [0.3, 0.4) is 0 Å². The van der Waals surface area contributed by atoms with Gasteiger partial charge in [-0.15, -0.1) is 11.3 Å². The van der Waals surface area contributed by atoms with Gasteiger partial charge in [-0.2, -0.15) is 0 Å². The van der Waals surface area contributed by atoms with Crippen molar-refractivity contribution < 1.29 is 4.79 Å². The van der Waals surface area contributed by atoms with Crippen LogP contribution in [-0.2, 0) is 11.3 Å². The molecule has 3 N–H and O–H groups in total. The van der Waals surface area contributed by atoms with E-state index in [0.29, 0.717) is 12.5 Å². The molecule has 0 saturated carbocycles. The second-order valence-corrected chi connectivity index (χ2v) is 6.22.